The zero-order valence-electron chi connectivity index (χ0n) is 11.2. The molecule has 0 aromatic heterocycles. The van der Waals surface area contributed by atoms with Crippen LogP contribution in [0, 0.1) is 0 Å². The standard InChI is InChI=1S/C13H18BrNO4/c1-4-15-7-9-5-10(14)12(11(6-9)18-3)19-8(2)13(16)17/h5-6,8,15H,4,7H2,1-3H3,(H,16,17). The first-order valence-electron chi connectivity index (χ1n) is 5.96. The molecule has 1 unspecified atom stereocenters. The van der Waals surface area contributed by atoms with Crippen LogP contribution in [0.15, 0.2) is 16.6 Å². The second-order valence-electron chi connectivity index (χ2n) is 3.99. The number of aliphatic carboxylic acids is 1. The van der Waals surface area contributed by atoms with Crippen molar-refractivity contribution < 1.29 is 19.4 Å². The van der Waals surface area contributed by atoms with Gasteiger partial charge in [0, 0.05) is 6.54 Å². The van der Waals surface area contributed by atoms with E-state index in [1.807, 2.05) is 19.1 Å². The summed E-state index contributed by atoms with van der Waals surface area (Å²) in [7, 11) is 1.52. The van der Waals surface area contributed by atoms with Crippen LogP contribution in [0.2, 0.25) is 0 Å². The fraction of sp³-hybridized carbons (Fsp3) is 0.462. The van der Waals surface area contributed by atoms with Crippen LogP contribution in [-0.2, 0) is 11.3 Å². The topological polar surface area (TPSA) is 67.8 Å². The highest BCUT2D eigenvalue weighted by atomic mass is 79.9. The Bertz CT molecular complexity index is 451. The van der Waals surface area contributed by atoms with Gasteiger partial charge in [0.2, 0.25) is 0 Å². The van der Waals surface area contributed by atoms with E-state index in [1.54, 1.807) is 0 Å². The molecule has 0 saturated carbocycles. The highest BCUT2D eigenvalue weighted by Crippen LogP contribution is 2.37. The van der Waals surface area contributed by atoms with Crippen molar-refractivity contribution in [3.8, 4) is 11.5 Å². The van der Waals surface area contributed by atoms with E-state index in [1.165, 1.54) is 14.0 Å². The zero-order valence-corrected chi connectivity index (χ0v) is 12.8. The third kappa shape index (κ3) is 4.40. The number of carbonyl (C=O) groups is 1. The van der Waals surface area contributed by atoms with Crippen molar-refractivity contribution in [3.05, 3.63) is 22.2 Å². The van der Waals surface area contributed by atoms with Gasteiger partial charge in [0.25, 0.3) is 0 Å². The molecule has 0 aliphatic heterocycles. The lowest BCUT2D eigenvalue weighted by molar-refractivity contribution is -0.144. The maximum Gasteiger partial charge on any atom is 0.344 e. The van der Waals surface area contributed by atoms with Crippen molar-refractivity contribution in [2.24, 2.45) is 0 Å². The van der Waals surface area contributed by atoms with Crippen LogP contribution >= 0.6 is 15.9 Å². The fourth-order valence-corrected chi connectivity index (χ4v) is 2.07. The first kappa shape index (κ1) is 15.8. The summed E-state index contributed by atoms with van der Waals surface area (Å²) in [6.07, 6.45) is -0.940. The number of rotatable bonds is 7. The predicted molar refractivity (Wildman–Crippen MR) is 75.8 cm³/mol. The molecule has 0 amide bonds. The SMILES string of the molecule is CCNCc1cc(Br)c(OC(C)C(=O)O)c(OC)c1. The van der Waals surface area contributed by atoms with Crippen LogP contribution in [0.5, 0.6) is 11.5 Å². The molecular formula is C13H18BrNO4. The largest absolute Gasteiger partial charge is 0.493 e. The molecule has 6 heteroatoms. The minimum atomic E-state index is -1.02. The van der Waals surface area contributed by atoms with Crippen molar-refractivity contribution in [1.29, 1.82) is 0 Å². The maximum absolute atomic E-state index is 10.8. The van der Waals surface area contributed by atoms with Gasteiger partial charge in [0.05, 0.1) is 11.6 Å². The Morgan fingerprint density at radius 3 is 2.74 bits per heavy atom. The molecule has 1 aromatic rings. The van der Waals surface area contributed by atoms with E-state index < -0.39 is 12.1 Å². The molecule has 0 fully saturated rings. The highest BCUT2D eigenvalue weighted by molar-refractivity contribution is 9.10. The molecule has 0 saturated heterocycles. The lowest BCUT2D eigenvalue weighted by Crippen LogP contribution is -2.23. The molecule has 0 aliphatic rings. The molecule has 0 spiro atoms. The molecule has 2 N–H and O–H groups in total. The van der Waals surface area contributed by atoms with Gasteiger partial charge in [-0.05, 0) is 47.1 Å². The third-order valence-electron chi connectivity index (χ3n) is 2.51. The first-order chi connectivity index (χ1) is 8.99. The molecule has 0 heterocycles. The summed E-state index contributed by atoms with van der Waals surface area (Å²) in [5.74, 6) is -0.112. The first-order valence-corrected chi connectivity index (χ1v) is 6.75. The number of carboxylic acids is 1. The molecular weight excluding hydrogens is 314 g/mol. The van der Waals surface area contributed by atoms with Crippen LogP contribution in [0.1, 0.15) is 19.4 Å². The maximum atomic E-state index is 10.8. The highest BCUT2D eigenvalue weighted by Gasteiger charge is 2.18. The Morgan fingerprint density at radius 2 is 2.21 bits per heavy atom. The molecule has 1 rings (SSSR count). The molecule has 0 radical (unpaired) electrons. The summed E-state index contributed by atoms with van der Waals surface area (Å²) < 4.78 is 11.3. The van der Waals surface area contributed by atoms with Crippen molar-refractivity contribution in [2.75, 3.05) is 13.7 Å². The quantitative estimate of drug-likeness (QED) is 0.803. The monoisotopic (exact) mass is 331 g/mol. The van der Waals surface area contributed by atoms with Gasteiger partial charge < -0.3 is 19.9 Å². The summed E-state index contributed by atoms with van der Waals surface area (Å²) in [5, 5.41) is 12.1. The van der Waals surface area contributed by atoms with Crippen LogP contribution in [0.4, 0.5) is 0 Å². The van der Waals surface area contributed by atoms with Crippen molar-refractivity contribution in [1.82, 2.24) is 5.32 Å². The molecule has 0 aliphatic carbocycles. The summed E-state index contributed by atoms with van der Waals surface area (Å²) in [6.45, 7) is 5.08. The Morgan fingerprint density at radius 1 is 1.53 bits per heavy atom. The van der Waals surface area contributed by atoms with Gasteiger partial charge in [-0.25, -0.2) is 4.79 Å². The summed E-state index contributed by atoms with van der Waals surface area (Å²) in [4.78, 5) is 10.8. The lowest BCUT2D eigenvalue weighted by Gasteiger charge is -2.16. The zero-order chi connectivity index (χ0) is 14.4. The number of halogens is 1. The Balaban J connectivity index is 3.00. The smallest absolute Gasteiger partial charge is 0.344 e. The molecule has 5 nitrogen and oxygen atoms in total. The number of methoxy groups -OCH3 is 1. The predicted octanol–water partition coefficient (Wildman–Crippen LogP) is 2.42. The second-order valence-corrected chi connectivity index (χ2v) is 4.84. The van der Waals surface area contributed by atoms with Gasteiger partial charge in [0.15, 0.2) is 17.6 Å². The van der Waals surface area contributed by atoms with Gasteiger partial charge >= 0.3 is 5.97 Å². The number of hydrogen-bond acceptors (Lipinski definition) is 4. The lowest BCUT2D eigenvalue weighted by atomic mass is 10.2. The van der Waals surface area contributed by atoms with E-state index in [2.05, 4.69) is 21.2 Å². The number of nitrogens with one attached hydrogen (secondary N) is 1. The molecule has 1 atom stereocenters. The van der Waals surface area contributed by atoms with Gasteiger partial charge in [-0.15, -0.1) is 0 Å². The van der Waals surface area contributed by atoms with Crippen molar-refractivity contribution in [3.63, 3.8) is 0 Å². The van der Waals surface area contributed by atoms with E-state index >= 15 is 0 Å². The number of benzene rings is 1. The van der Waals surface area contributed by atoms with Gasteiger partial charge in [0.1, 0.15) is 0 Å². The van der Waals surface area contributed by atoms with Crippen LogP contribution in [0.25, 0.3) is 0 Å². The number of hydrogen-bond donors (Lipinski definition) is 2. The van der Waals surface area contributed by atoms with Gasteiger partial charge in [-0.1, -0.05) is 6.92 Å². The van der Waals surface area contributed by atoms with Crippen molar-refractivity contribution >= 4 is 21.9 Å². The Labute approximate surface area is 121 Å². The minimum absolute atomic E-state index is 0.401. The van der Waals surface area contributed by atoms with E-state index in [0.717, 1.165) is 12.1 Å². The number of carboxylic acid groups (broad SMARTS) is 1. The number of ether oxygens (including phenoxy) is 2. The molecule has 1 aromatic carbocycles. The fourth-order valence-electron chi connectivity index (χ4n) is 1.49. The van der Waals surface area contributed by atoms with E-state index in [9.17, 15) is 4.79 Å². The molecule has 19 heavy (non-hydrogen) atoms. The third-order valence-corrected chi connectivity index (χ3v) is 3.10. The van der Waals surface area contributed by atoms with E-state index in [0.29, 0.717) is 22.5 Å². The van der Waals surface area contributed by atoms with E-state index in [-0.39, 0.29) is 0 Å². The minimum Gasteiger partial charge on any atom is -0.493 e. The van der Waals surface area contributed by atoms with Gasteiger partial charge in [-0.3, -0.25) is 0 Å². The molecule has 106 valence electrons. The van der Waals surface area contributed by atoms with Crippen LogP contribution < -0.4 is 14.8 Å². The van der Waals surface area contributed by atoms with Crippen LogP contribution in [-0.4, -0.2) is 30.8 Å². The average molecular weight is 332 g/mol. The van der Waals surface area contributed by atoms with Crippen molar-refractivity contribution in [2.45, 2.75) is 26.5 Å². The van der Waals surface area contributed by atoms with Gasteiger partial charge in [-0.2, -0.15) is 0 Å². The van der Waals surface area contributed by atoms with Crippen LogP contribution in [0.3, 0.4) is 0 Å². The average Bonchev–Trinajstić information content (AvgIpc) is 2.38. The summed E-state index contributed by atoms with van der Waals surface area (Å²) in [5.41, 5.74) is 1.03. The normalized spacial score (nSPS) is 12.0. The Kier molecular flexibility index (Phi) is 6.11. The Hall–Kier alpha value is -1.27. The summed E-state index contributed by atoms with van der Waals surface area (Å²) in [6, 6.07) is 3.71. The summed E-state index contributed by atoms with van der Waals surface area (Å²) >= 11 is 3.38. The second kappa shape index (κ2) is 7.35. The van der Waals surface area contributed by atoms with E-state index in [4.69, 9.17) is 14.6 Å². The molecule has 0 bridgehead atoms.